The van der Waals surface area contributed by atoms with Crippen molar-refractivity contribution in [3.05, 3.63) is 0 Å². The van der Waals surface area contributed by atoms with Gasteiger partial charge in [-0.15, -0.1) is 0 Å². The fourth-order valence-corrected chi connectivity index (χ4v) is 7.68. The molecule has 1 N–H and O–H groups in total. The minimum Gasteiger partial charge on any atom is -0.313 e. The monoisotopic (exact) mass is 351 g/mol. The summed E-state index contributed by atoms with van der Waals surface area (Å²) in [4.78, 5) is 0. The fraction of sp³-hybridized carbons (Fsp3) is 1.00. The zero-order valence-corrected chi connectivity index (χ0v) is 15.7. The number of hydrogen-bond donors (Lipinski definition) is 1. The molecule has 0 aromatic heterocycles. The van der Waals surface area contributed by atoms with Crippen LogP contribution in [0.4, 0.5) is 0 Å². The maximum Gasteiger partial charge on any atom is 0.150 e. The topological polar surface area (TPSA) is 46.2 Å². The van der Waals surface area contributed by atoms with E-state index in [0.29, 0.717) is 17.2 Å². The van der Waals surface area contributed by atoms with E-state index < -0.39 is 9.84 Å². The van der Waals surface area contributed by atoms with E-state index >= 15 is 0 Å². The van der Waals surface area contributed by atoms with Gasteiger partial charge in [-0.25, -0.2) is 8.42 Å². The maximum atomic E-state index is 11.9. The minimum atomic E-state index is -2.88. The van der Waals surface area contributed by atoms with Crippen LogP contribution in [-0.4, -0.2) is 55.0 Å². The molecule has 6 heteroatoms. The molecule has 2 rings (SSSR count). The molecule has 124 valence electrons. The van der Waals surface area contributed by atoms with Gasteiger partial charge >= 0.3 is 0 Å². The predicted octanol–water partition coefficient (Wildman–Crippen LogP) is 2.81. The minimum absolute atomic E-state index is 0.108. The summed E-state index contributed by atoms with van der Waals surface area (Å²) in [6.07, 6.45) is 6.54. The van der Waals surface area contributed by atoms with Crippen molar-refractivity contribution in [2.45, 2.75) is 55.6 Å². The van der Waals surface area contributed by atoms with Gasteiger partial charge in [0.15, 0.2) is 0 Å². The van der Waals surface area contributed by atoms with Crippen LogP contribution in [0.3, 0.4) is 0 Å². The summed E-state index contributed by atoms with van der Waals surface area (Å²) in [6, 6.07) is 0.493. The van der Waals surface area contributed by atoms with Gasteiger partial charge in [-0.3, -0.25) is 0 Å². The smallest absolute Gasteiger partial charge is 0.150 e. The summed E-state index contributed by atoms with van der Waals surface area (Å²) in [6.45, 7) is 3.25. The van der Waals surface area contributed by atoms with Crippen molar-refractivity contribution < 1.29 is 8.42 Å². The number of nitrogens with one attached hydrogen (secondary N) is 1. The highest BCUT2D eigenvalue weighted by molar-refractivity contribution is 8.06. The Labute approximate surface area is 138 Å². The maximum absolute atomic E-state index is 11.9. The lowest BCUT2D eigenvalue weighted by molar-refractivity contribution is 0.269. The second-order valence-corrected chi connectivity index (χ2v) is 11.2. The average molecular weight is 352 g/mol. The van der Waals surface area contributed by atoms with Gasteiger partial charge in [0.2, 0.25) is 0 Å². The van der Waals surface area contributed by atoms with Crippen molar-refractivity contribution in [3.63, 3.8) is 0 Å². The lowest BCUT2D eigenvalue weighted by Gasteiger charge is -2.39. The first kappa shape index (κ1) is 18.0. The highest BCUT2D eigenvalue weighted by Crippen LogP contribution is 2.36. The molecule has 0 bridgehead atoms. The Morgan fingerprint density at radius 3 is 2.71 bits per heavy atom. The molecule has 1 aliphatic heterocycles. The van der Waals surface area contributed by atoms with Crippen molar-refractivity contribution in [3.8, 4) is 0 Å². The van der Waals surface area contributed by atoms with Crippen LogP contribution in [0.2, 0.25) is 0 Å². The summed E-state index contributed by atoms with van der Waals surface area (Å²) in [7, 11) is -2.88. The molecule has 0 amide bonds. The lowest BCUT2D eigenvalue weighted by atomic mass is 9.82. The molecule has 3 nitrogen and oxygen atoms in total. The van der Waals surface area contributed by atoms with Gasteiger partial charge in [0.25, 0.3) is 0 Å². The predicted molar refractivity (Wildman–Crippen MR) is 96.2 cm³/mol. The molecular weight excluding hydrogens is 322 g/mol. The summed E-state index contributed by atoms with van der Waals surface area (Å²) < 4.78 is 23.8. The number of hydrogen-bond acceptors (Lipinski definition) is 5. The van der Waals surface area contributed by atoms with Crippen LogP contribution in [0.25, 0.3) is 0 Å². The first-order chi connectivity index (χ1) is 10.0. The van der Waals surface area contributed by atoms with Gasteiger partial charge in [-0.05, 0) is 38.1 Å². The van der Waals surface area contributed by atoms with Crippen molar-refractivity contribution in [2.24, 2.45) is 5.92 Å². The van der Waals surface area contributed by atoms with E-state index in [1.165, 1.54) is 29.9 Å². The molecule has 2 fully saturated rings. The van der Waals surface area contributed by atoms with Crippen molar-refractivity contribution in [1.82, 2.24) is 5.32 Å². The molecule has 21 heavy (non-hydrogen) atoms. The number of rotatable bonds is 6. The second-order valence-electron chi connectivity index (χ2n) is 6.34. The molecule has 1 heterocycles. The Kier molecular flexibility index (Phi) is 7.23. The number of thioether (sulfide) groups is 2. The molecule has 0 radical (unpaired) electrons. The van der Waals surface area contributed by atoms with Gasteiger partial charge in [0, 0.05) is 34.8 Å². The molecule has 2 aliphatic rings. The zero-order chi connectivity index (χ0) is 15.3. The van der Waals surface area contributed by atoms with E-state index in [1.807, 2.05) is 0 Å². The largest absolute Gasteiger partial charge is 0.313 e. The normalized spacial score (nSPS) is 32.8. The van der Waals surface area contributed by atoms with Crippen molar-refractivity contribution in [1.29, 1.82) is 0 Å². The Morgan fingerprint density at radius 1 is 1.29 bits per heavy atom. The molecule has 0 spiro atoms. The standard InChI is InChI=1S/C15H29NO2S3/c1-3-7-16-15(14-11-19-8-9-20-14)12-5-4-6-13(10-12)21(2,17)18/h12-16H,3-11H2,1-2H3. The quantitative estimate of drug-likeness (QED) is 0.797. The van der Waals surface area contributed by atoms with Crippen LogP contribution in [0, 0.1) is 5.92 Å². The average Bonchev–Trinajstić information content (AvgIpc) is 2.48. The molecule has 0 aromatic rings. The molecule has 4 atom stereocenters. The van der Waals surface area contributed by atoms with E-state index in [1.54, 1.807) is 0 Å². The van der Waals surface area contributed by atoms with E-state index in [-0.39, 0.29) is 5.25 Å². The molecular formula is C15H29NO2S3. The lowest BCUT2D eigenvalue weighted by Crippen LogP contribution is -2.49. The molecule has 0 aromatic carbocycles. The Hall–Kier alpha value is 0.610. The van der Waals surface area contributed by atoms with Crippen LogP contribution in [0.5, 0.6) is 0 Å². The Morgan fingerprint density at radius 2 is 2.10 bits per heavy atom. The Balaban J connectivity index is 2.04. The van der Waals surface area contributed by atoms with Gasteiger partial charge < -0.3 is 5.32 Å². The third kappa shape index (κ3) is 5.33. The zero-order valence-electron chi connectivity index (χ0n) is 13.2. The van der Waals surface area contributed by atoms with E-state index in [9.17, 15) is 8.42 Å². The third-order valence-corrected chi connectivity index (χ3v) is 9.18. The van der Waals surface area contributed by atoms with Crippen LogP contribution in [0.1, 0.15) is 39.0 Å². The van der Waals surface area contributed by atoms with Crippen molar-refractivity contribution >= 4 is 33.4 Å². The second kappa shape index (κ2) is 8.46. The summed E-state index contributed by atoms with van der Waals surface area (Å²) >= 11 is 4.15. The van der Waals surface area contributed by atoms with Crippen LogP contribution >= 0.6 is 23.5 Å². The highest BCUT2D eigenvalue weighted by atomic mass is 32.2. The van der Waals surface area contributed by atoms with Crippen molar-refractivity contribution in [2.75, 3.05) is 30.1 Å². The van der Waals surface area contributed by atoms with Gasteiger partial charge in [-0.2, -0.15) is 23.5 Å². The van der Waals surface area contributed by atoms with Gasteiger partial charge in [0.1, 0.15) is 9.84 Å². The molecule has 1 saturated heterocycles. The first-order valence-corrected chi connectivity index (χ1v) is 12.3. The molecule has 1 aliphatic carbocycles. The SMILES string of the molecule is CCCNC(C1CCCC(S(C)(=O)=O)C1)C1CSCCS1. The first-order valence-electron chi connectivity index (χ1n) is 8.14. The molecule has 1 saturated carbocycles. The highest BCUT2D eigenvalue weighted by Gasteiger charge is 2.36. The van der Waals surface area contributed by atoms with Gasteiger partial charge in [-0.1, -0.05) is 13.3 Å². The van der Waals surface area contributed by atoms with Gasteiger partial charge in [0.05, 0.1) is 5.25 Å². The fourth-order valence-electron chi connectivity index (χ4n) is 3.52. The van der Waals surface area contributed by atoms with Crippen LogP contribution < -0.4 is 5.32 Å². The summed E-state index contributed by atoms with van der Waals surface area (Å²) in [5.41, 5.74) is 0. The van der Waals surface area contributed by atoms with Crippen LogP contribution in [0.15, 0.2) is 0 Å². The van der Waals surface area contributed by atoms with E-state index in [0.717, 1.165) is 32.2 Å². The third-order valence-electron chi connectivity index (χ3n) is 4.65. The van der Waals surface area contributed by atoms with E-state index in [4.69, 9.17) is 0 Å². The Bertz CT molecular complexity index is 407. The number of sulfone groups is 1. The summed E-state index contributed by atoms with van der Waals surface area (Å²) in [5.74, 6) is 4.24. The van der Waals surface area contributed by atoms with Crippen LogP contribution in [-0.2, 0) is 9.84 Å². The van der Waals surface area contributed by atoms with E-state index in [2.05, 4.69) is 35.8 Å². The molecule has 4 unspecified atom stereocenters. The summed E-state index contributed by atoms with van der Waals surface area (Å²) in [5, 5.41) is 4.30.